The molecule has 0 bridgehead atoms. The number of carboxylic acid groups (broad SMARTS) is 1. The van der Waals surface area contributed by atoms with Gasteiger partial charge in [-0.1, -0.05) is 12.1 Å². The number of morpholine rings is 1. The van der Waals surface area contributed by atoms with E-state index in [0.717, 1.165) is 6.26 Å². The second-order valence-corrected chi connectivity index (χ2v) is 8.73. The molecule has 1 saturated heterocycles. The predicted molar refractivity (Wildman–Crippen MR) is 96.9 cm³/mol. The van der Waals surface area contributed by atoms with Crippen molar-refractivity contribution >= 4 is 32.7 Å². The van der Waals surface area contributed by atoms with Crippen LogP contribution in [0.2, 0.25) is 0 Å². The zero-order valence-corrected chi connectivity index (χ0v) is 15.7. The summed E-state index contributed by atoms with van der Waals surface area (Å²) in [5.74, 6) is -1.29. The monoisotopic (exact) mass is 395 g/mol. The topological polar surface area (TPSA) is 119 Å². The van der Waals surface area contributed by atoms with Crippen molar-refractivity contribution in [1.82, 2.24) is 14.5 Å². The van der Waals surface area contributed by atoms with Gasteiger partial charge in [-0.15, -0.1) is 0 Å². The fourth-order valence-electron chi connectivity index (χ4n) is 3.23. The number of para-hydroxylation sites is 2. The van der Waals surface area contributed by atoms with E-state index in [1.54, 1.807) is 28.8 Å². The number of ether oxygens (including phenoxy) is 1. The highest BCUT2D eigenvalue weighted by atomic mass is 32.2. The largest absolute Gasteiger partial charge is 0.481 e. The second kappa shape index (κ2) is 7.65. The van der Waals surface area contributed by atoms with Crippen molar-refractivity contribution in [1.29, 1.82) is 0 Å². The van der Waals surface area contributed by atoms with Gasteiger partial charge in [-0.05, 0) is 12.1 Å². The van der Waals surface area contributed by atoms with Crippen molar-refractivity contribution < 1.29 is 27.9 Å². The number of carbonyl (C=O) groups excluding carboxylic acids is 1. The fraction of sp³-hybridized carbons (Fsp3) is 0.471. The molecular formula is C17H21N3O6S. The molecular weight excluding hydrogens is 374 g/mol. The first kappa shape index (κ1) is 19.3. The van der Waals surface area contributed by atoms with E-state index in [1.165, 1.54) is 4.90 Å². The first-order valence-electron chi connectivity index (χ1n) is 8.45. The number of fused-ring (bicyclic) bond motifs is 1. The maximum Gasteiger partial charge on any atom is 0.305 e. The molecule has 1 aromatic carbocycles. The number of nitrogens with zero attached hydrogens (tertiary/aromatic N) is 3. The lowest BCUT2D eigenvalue weighted by Gasteiger charge is -2.35. The van der Waals surface area contributed by atoms with Gasteiger partial charge in [0.15, 0.2) is 9.84 Å². The number of hydrogen-bond acceptors (Lipinski definition) is 6. The van der Waals surface area contributed by atoms with Gasteiger partial charge in [0.1, 0.15) is 18.1 Å². The summed E-state index contributed by atoms with van der Waals surface area (Å²) in [5, 5.41) is 9.06. The van der Waals surface area contributed by atoms with E-state index >= 15 is 0 Å². The number of carbonyl (C=O) groups is 2. The first-order valence-corrected chi connectivity index (χ1v) is 10.5. The van der Waals surface area contributed by atoms with Gasteiger partial charge in [-0.3, -0.25) is 9.59 Å². The molecule has 1 aliphatic rings. The normalized spacial score (nSPS) is 18.0. The minimum absolute atomic E-state index is 0.110. The smallest absolute Gasteiger partial charge is 0.305 e. The molecule has 1 unspecified atom stereocenters. The van der Waals surface area contributed by atoms with Crippen molar-refractivity contribution in [2.45, 2.75) is 24.8 Å². The van der Waals surface area contributed by atoms with Crippen molar-refractivity contribution in [2.24, 2.45) is 0 Å². The van der Waals surface area contributed by atoms with Crippen LogP contribution in [0.3, 0.4) is 0 Å². The van der Waals surface area contributed by atoms with Gasteiger partial charge in [-0.25, -0.2) is 13.4 Å². The minimum atomic E-state index is -3.34. The minimum Gasteiger partial charge on any atom is -0.481 e. The Hall–Kier alpha value is -2.46. The molecule has 2 aromatic rings. The number of aliphatic carboxylic acids is 1. The van der Waals surface area contributed by atoms with Crippen LogP contribution >= 0.6 is 0 Å². The summed E-state index contributed by atoms with van der Waals surface area (Å²) < 4.78 is 30.4. The molecule has 1 aliphatic heterocycles. The maximum absolute atomic E-state index is 12.9. The van der Waals surface area contributed by atoms with Crippen LogP contribution in [0.1, 0.15) is 12.2 Å². The van der Waals surface area contributed by atoms with Gasteiger partial charge in [0.05, 0.1) is 36.7 Å². The Morgan fingerprint density at radius 1 is 1.33 bits per heavy atom. The zero-order valence-electron chi connectivity index (χ0n) is 14.9. The first-order chi connectivity index (χ1) is 12.7. The Morgan fingerprint density at radius 3 is 2.78 bits per heavy atom. The SMILES string of the molecule is CS(=O)(=O)Cc1nc2ccccc2n1CC(=O)N1CCOCC1CC(=O)O. The van der Waals surface area contributed by atoms with Crippen LogP contribution in [0, 0.1) is 0 Å². The average molecular weight is 395 g/mol. The summed E-state index contributed by atoms with van der Waals surface area (Å²) in [6.45, 7) is 0.688. The lowest BCUT2D eigenvalue weighted by molar-refractivity contribution is -0.146. The van der Waals surface area contributed by atoms with E-state index in [2.05, 4.69) is 4.98 Å². The molecule has 0 aliphatic carbocycles. The Kier molecular flexibility index (Phi) is 5.47. The Balaban J connectivity index is 1.91. The van der Waals surface area contributed by atoms with Crippen LogP contribution in [-0.4, -0.2) is 71.9 Å². The molecule has 2 heterocycles. The van der Waals surface area contributed by atoms with E-state index in [4.69, 9.17) is 9.84 Å². The summed E-state index contributed by atoms with van der Waals surface area (Å²) in [4.78, 5) is 29.8. The third-order valence-electron chi connectivity index (χ3n) is 4.38. The van der Waals surface area contributed by atoms with Crippen molar-refractivity contribution in [3.05, 3.63) is 30.1 Å². The standard InChI is InChI=1S/C17H21N3O6S/c1-27(24,25)11-15-18-13-4-2-3-5-14(13)20(15)9-16(21)19-6-7-26-10-12(19)8-17(22)23/h2-5,12H,6-11H2,1H3,(H,22,23). The van der Waals surface area contributed by atoms with Gasteiger partial charge in [0.2, 0.25) is 5.91 Å². The molecule has 0 radical (unpaired) electrons. The zero-order chi connectivity index (χ0) is 19.6. The van der Waals surface area contributed by atoms with Crippen LogP contribution in [0.4, 0.5) is 0 Å². The molecule has 27 heavy (non-hydrogen) atoms. The highest BCUT2D eigenvalue weighted by molar-refractivity contribution is 7.89. The van der Waals surface area contributed by atoms with E-state index in [-0.39, 0.29) is 37.1 Å². The average Bonchev–Trinajstić information content (AvgIpc) is 2.90. The van der Waals surface area contributed by atoms with Gasteiger partial charge >= 0.3 is 5.97 Å². The molecule has 10 heteroatoms. The molecule has 0 saturated carbocycles. The number of amides is 1. The molecule has 146 valence electrons. The van der Waals surface area contributed by atoms with Gasteiger partial charge in [-0.2, -0.15) is 0 Å². The number of imidazole rings is 1. The molecule has 1 aromatic heterocycles. The fourth-order valence-corrected chi connectivity index (χ4v) is 3.92. The third kappa shape index (κ3) is 4.64. The van der Waals surface area contributed by atoms with Gasteiger partial charge in [0.25, 0.3) is 0 Å². The van der Waals surface area contributed by atoms with Crippen molar-refractivity contribution in [3.8, 4) is 0 Å². The molecule has 1 amide bonds. The summed E-state index contributed by atoms with van der Waals surface area (Å²) in [6, 6.07) is 6.56. The number of hydrogen-bond donors (Lipinski definition) is 1. The molecule has 0 spiro atoms. The Bertz CT molecular complexity index is 968. The predicted octanol–water partition coefficient (Wildman–Crippen LogP) is 0.283. The number of aromatic nitrogens is 2. The van der Waals surface area contributed by atoms with Gasteiger partial charge < -0.3 is 19.3 Å². The summed E-state index contributed by atoms with van der Waals surface area (Å²) in [6.07, 6.45) is 0.913. The quantitative estimate of drug-likeness (QED) is 0.746. The number of rotatable bonds is 6. The van der Waals surface area contributed by atoms with Crippen LogP contribution in [0.25, 0.3) is 11.0 Å². The summed E-state index contributed by atoms with van der Waals surface area (Å²) in [5.41, 5.74) is 1.26. The maximum atomic E-state index is 12.9. The highest BCUT2D eigenvalue weighted by Crippen LogP contribution is 2.19. The third-order valence-corrected chi connectivity index (χ3v) is 5.16. The van der Waals surface area contributed by atoms with Crippen molar-refractivity contribution in [2.75, 3.05) is 26.0 Å². The lowest BCUT2D eigenvalue weighted by Crippen LogP contribution is -2.50. The van der Waals surface area contributed by atoms with E-state index in [9.17, 15) is 18.0 Å². The highest BCUT2D eigenvalue weighted by Gasteiger charge is 2.30. The van der Waals surface area contributed by atoms with Crippen molar-refractivity contribution in [3.63, 3.8) is 0 Å². The second-order valence-electron chi connectivity index (χ2n) is 6.59. The summed E-state index contributed by atoms with van der Waals surface area (Å²) >= 11 is 0. The number of carboxylic acids is 1. The molecule has 3 rings (SSSR count). The molecule has 1 N–H and O–H groups in total. The van der Waals surface area contributed by atoms with Crippen LogP contribution in [0.5, 0.6) is 0 Å². The molecule has 1 fully saturated rings. The van der Waals surface area contributed by atoms with E-state index < -0.39 is 21.8 Å². The van der Waals surface area contributed by atoms with E-state index in [1.807, 2.05) is 0 Å². The molecule has 9 nitrogen and oxygen atoms in total. The Morgan fingerprint density at radius 2 is 2.07 bits per heavy atom. The van der Waals surface area contributed by atoms with E-state index in [0.29, 0.717) is 24.2 Å². The lowest BCUT2D eigenvalue weighted by atomic mass is 10.1. The Labute approximate surface area is 156 Å². The summed E-state index contributed by atoms with van der Waals surface area (Å²) in [7, 11) is -3.34. The van der Waals surface area contributed by atoms with Crippen LogP contribution < -0.4 is 0 Å². The number of sulfone groups is 1. The van der Waals surface area contributed by atoms with Crippen LogP contribution in [-0.2, 0) is 36.5 Å². The number of benzene rings is 1. The van der Waals surface area contributed by atoms with Crippen LogP contribution in [0.15, 0.2) is 24.3 Å². The van der Waals surface area contributed by atoms with Gasteiger partial charge in [0, 0.05) is 12.8 Å². The molecule has 1 atom stereocenters.